The Morgan fingerprint density at radius 2 is 1.39 bits per heavy atom. The zero-order valence-corrected chi connectivity index (χ0v) is 15.4. The summed E-state index contributed by atoms with van der Waals surface area (Å²) in [5.74, 6) is 0.659. The first-order valence-corrected chi connectivity index (χ1v) is 8.11. The SMILES string of the molecule is CC(C)c1ccccc1.F[P-](F)(F)(F)(F)F.[C-]1=CC=CC1.[Fe].[Fe].[H+]. The van der Waals surface area contributed by atoms with Crippen LogP contribution in [0.2, 0.25) is 0 Å². The van der Waals surface area contributed by atoms with Gasteiger partial charge in [0.2, 0.25) is 0 Å². The van der Waals surface area contributed by atoms with Crippen molar-refractivity contribution < 1.29 is 60.7 Å². The Bertz CT molecular complexity index is 465. The summed E-state index contributed by atoms with van der Waals surface area (Å²) in [6.07, 6.45) is 10.0. The first kappa shape index (κ1) is 27.6. The van der Waals surface area contributed by atoms with Crippen LogP contribution in [0.1, 0.15) is 33.2 Å². The van der Waals surface area contributed by atoms with Crippen LogP contribution in [0.5, 0.6) is 0 Å². The molecular weight excluding hydrogens is 425 g/mol. The topological polar surface area (TPSA) is 0 Å². The van der Waals surface area contributed by atoms with E-state index in [1.165, 1.54) is 5.56 Å². The number of benzene rings is 1. The van der Waals surface area contributed by atoms with Crippen molar-refractivity contribution in [3.05, 3.63) is 60.2 Å². The fraction of sp³-hybridized carbons (Fsp3) is 0.286. The van der Waals surface area contributed by atoms with E-state index in [0.717, 1.165) is 6.42 Å². The van der Waals surface area contributed by atoms with Crippen molar-refractivity contribution in [3.63, 3.8) is 0 Å². The van der Waals surface area contributed by atoms with Crippen LogP contribution in [0.25, 0.3) is 0 Å². The average Bonchev–Trinajstić information content (AvgIpc) is 2.84. The number of hydrogen-bond donors (Lipinski definition) is 0. The molecule has 9 heteroatoms. The van der Waals surface area contributed by atoms with E-state index in [2.05, 4.69) is 50.3 Å². The molecule has 0 aliphatic heterocycles. The van der Waals surface area contributed by atoms with Crippen molar-refractivity contribution in [3.8, 4) is 0 Å². The normalized spacial score (nSPS) is 14.8. The average molecular weight is 443 g/mol. The minimum Gasteiger partial charge on any atom is -0.273 e. The van der Waals surface area contributed by atoms with E-state index < -0.39 is 7.81 Å². The van der Waals surface area contributed by atoms with Crippen LogP contribution in [-0.4, -0.2) is 0 Å². The van der Waals surface area contributed by atoms with Gasteiger partial charge in [0, 0.05) is 34.1 Å². The second-order valence-corrected chi connectivity index (χ2v) is 6.44. The van der Waals surface area contributed by atoms with E-state index in [9.17, 15) is 25.2 Å². The molecule has 23 heavy (non-hydrogen) atoms. The molecule has 1 aliphatic carbocycles. The number of halogens is 6. The summed E-state index contributed by atoms with van der Waals surface area (Å²) in [4.78, 5) is 0. The summed E-state index contributed by atoms with van der Waals surface area (Å²) in [5.41, 5.74) is 1.41. The quantitative estimate of drug-likeness (QED) is 0.182. The maximum Gasteiger partial charge on any atom is 1.00 e. The predicted octanol–water partition coefficient (Wildman–Crippen LogP) is 7.61. The number of hydrogen-bond acceptors (Lipinski definition) is 0. The Hall–Kier alpha value is -0.251. The molecule has 2 rings (SSSR count). The summed E-state index contributed by atoms with van der Waals surface area (Å²) in [6.45, 7) is 4.41. The van der Waals surface area contributed by atoms with E-state index in [4.69, 9.17) is 0 Å². The van der Waals surface area contributed by atoms with Crippen LogP contribution in [0, 0.1) is 6.08 Å². The largest absolute Gasteiger partial charge is 1.00 e. The molecule has 0 fully saturated rings. The summed E-state index contributed by atoms with van der Waals surface area (Å²) in [6, 6.07) is 10.5. The van der Waals surface area contributed by atoms with E-state index in [1.54, 1.807) is 0 Å². The molecule has 0 N–H and O–H groups in total. The molecule has 1 aliphatic rings. The Balaban J connectivity index is -0.000000122. The van der Waals surface area contributed by atoms with Crippen molar-refractivity contribution in [2.24, 2.45) is 0 Å². The molecule has 0 saturated heterocycles. The van der Waals surface area contributed by atoms with Gasteiger partial charge in [-0.2, -0.15) is 6.08 Å². The Morgan fingerprint density at radius 1 is 0.957 bits per heavy atom. The molecule has 0 saturated carbocycles. The van der Waals surface area contributed by atoms with Crippen LogP contribution < -0.4 is 0 Å². The molecule has 0 radical (unpaired) electrons. The molecule has 138 valence electrons. The van der Waals surface area contributed by atoms with Gasteiger partial charge in [-0.1, -0.05) is 44.2 Å². The van der Waals surface area contributed by atoms with Gasteiger partial charge in [-0.25, -0.2) is 12.2 Å². The molecule has 0 aromatic heterocycles. The van der Waals surface area contributed by atoms with Gasteiger partial charge in [-0.15, -0.1) is 6.42 Å². The zero-order chi connectivity index (χ0) is 16.6. The maximum atomic E-state index is 9.87. The summed E-state index contributed by atoms with van der Waals surface area (Å²) in [7, 11) is -10.7. The molecule has 0 unspecified atom stereocenters. The summed E-state index contributed by atoms with van der Waals surface area (Å²) in [5, 5.41) is 0. The van der Waals surface area contributed by atoms with Crippen molar-refractivity contribution in [2.45, 2.75) is 26.2 Å². The molecular formula is C14H18F6Fe2P-. The predicted molar refractivity (Wildman–Crippen MR) is 76.8 cm³/mol. The zero-order valence-electron chi connectivity index (χ0n) is 13.3. The van der Waals surface area contributed by atoms with Crippen LogP contribution in [-0.2, 0) is 34.1 Å². The van der Waals surface area contributed by atoms with Gasteiger partial charge in [0.25, 0.3) is 0 Å². The van der Waals surface area contributed by atoms with Crippen LogP contribution in [0.4, 0.5) is 25.2 Å². The standard InChI is InChI=1S/C9H12.C5H5.F6P.2Fe/c1-8(2)9-6-4-3-5-7-9;1-2-4-5-3-1;1-7(2,3,4,5)6;;/h3-8H,1-2H3;1-3H,4H2;;;/q;2*-1;;/p+1. The third-order valence-electron chi connectivity index (χ3n) is 2.05. The molecule has 0 nitrogen and oxygen atoms in total. The Labute approximate surface area is 155 Å². The molecule has 0 amide bonds. The van der Waals surface area contributed by atoms with Gasteiger partial charge in [-0.3, -0.25) is 6.08 Å². The molecule has 0 heterocycles. The van der Waals surface area contributed by atoms with Crippen molar-refractivity contribution in [1.82, 2.24) is 0 Å². The third-order valence-corrected chi connectivity index (χ3v) is 2.05. The molecule has 0 bridgehead atoms. The van der Waals surface area contributed by atoms with Crippen LogP contribution in [0.15, 0.2) is 48.6 Å². The van der Waals surface area contributed by atoms with Crippen molar-refractivity contribution in [2.75, 3.05) is 0 Å². The number of rotatable bonds is 1. The smallest absolute Gasteiger partial charge is 0.273 e. The number of allylic oxidation sites excluding steroid dienone is 4. The van der Waals surface area contributed by atoms with Gasteiger partial charge < -0.3 is 0 Å². The molecule has 1 aromatic carbocycles. The van der Waals surface area contributed by atoms with Crippen molar-refractivity contribution >= 4 is 7.81 Å². The second-order valence-electron chi connectivity index (χ2n) is 4.53. The van der Waals surface area contributed by atoms with Gasteiger partial charge in [0.1, 0.15) is 0 Å². The molecule has 1 aromatic rings. The van der Waals surface area contributed by atoms with E-state index in [-0.39, 0.29) is 35.6 Å². The van der Waals surface area contributed by atoms with Crippen molar-refractivity contribution in [1.29, 1.82) is 0 Å². The monoisotopic (exact) mass is 443 g/mol. The first-order chi connectivity index (χ1) is 9.25. The first-order valence-electron chi connectivity index (χ1n) is 6.09. The fourth-order valence-corrected chi connectivity index (χ4v) is 1.18. The minimum atomic E-state index is -10.7. The van der Waals surface area contributed by atoms with E-state index >= 15 is 0 Å². The van der Waals surface area contributed by atoms with Crippen LogP contribution >= 0.6 is 7.81 Å². The van der Waals surface area contributed by atoms with E-state index in [1.807, 2.05) is 18.2 Å². The third kappa shape index (κ3) is 30.2. The van der Waals surface area contributed by atoms with Gasteiger partial charge in [-0.05, 0) is 11.5 Å². The van der Waals surface area contributed by atoms with Crippen LogP contribution in [0.3, 0.4) is 0 Å². The molecule has 0 atom stereocenters. The maximum absolute atomic E-state index is 10.7. The minimum absolute atomic E-state index is 0. The van der Waals surface area contributed by atoms with Gasteiger partial charge in [0.15, 0.2) is 0 Å². The Kier molecular flexibility index (Phi) is 11.9. The van der Waals surface area contributed by atoms with E-state index in [0.29, 0.717) is 5.92 Å². The summed E-state index contributed by atoms with van der Waals surface area (Å²) >= 11 is 0. The summed E-state index contributed by atoms with van der Waals surface area (Å²) < 4.78 is 59.2. The van der Waals surface area contributed by atoms with Gasteiger partial charge >= 0.3 is 34.4 Å². The van der Waals surface area contributed by atoms with Gasteiger partial charge in [0.05, 0.1) is 0 Å². The Morgan fingerprint density at radius 3 is 1.57 bits per heavy atom. The molecule has 0 spiro atoms. The fourth-order valence-electron chi connectivity index (χ4n) is 1.18. The second kappa shape index (κ2) is 9.90.